The first kappa shape index (κ1) is 24.6. The molecule has 0 fully saturated rings. The fraction of sp³-hybridized carbons (Fsp3) is 0.400. The van der Waals surface area contributed by atoms with E-state index in [0.717, 1.165) is 17.1 Å². The normalized spacial score (nSPS) is 12.8. The van der Waals surface area contributed by atoms with Crippen molar-refractivity contribution in [2.75, 3.05) is 26.3 Å². The second kappa shape index (κ2) is 12.3. The molecule has 4 amide bonds. The summed E-state index contributed by atoms with van der Waals surface area (Å²) < 4.78 is 5.29. The molecule has 12 nitrogen and oxygen atoms in total. The quantitative estimate of drug-likeness (QED) is 0.158. The number of hydrogen-bond acceptors (Lipinski definition) is 8. The van der Waals surface area contributed by atoms with Gasteiger partial charge >= 0.3 is 0 Å². The fourth-order valence-corrected chi connectivity index (χ4v) is 2.83. The average molecular weight is 448 g/mol. The third-order valence-electron chi connectivity index (χ3n) is 4.51. The van der Waals surface area contributed by atoms with Gasteiger partial charge in [-0.2, -0.15) is 0 Å². The highest BCUT2D eigenvalue weighted by atomic mass is 16.6. The average Bonchev–Trinajstić information content (AvgIpc) is 3.09. The minimum atomic E-state index is -0.583. The molecule has 0 bridgehead atoms. The van der Waals surface area contributed by atoms with Crippen molar-refractivity contribution >= 4 is 29.3 Å². The van der Waals surface area contributed by atoms with E-state index in [9.17, 15) is 34.4 Å². The largest absolute Gasteiger partial charge is 0.391 e. The molecule has 0 spiro atoms. The van der Waals surface area contributed by atoms with Gasteiger partial charge in [0.25, 0.3) is 17.5 Å². The van der Waals surface area contributed by atoms with Gasteiger partial charge in [0.15, 0.2) is 0 Å². The van der Waals surface area contributed by atoms with Gasteiger partial charge in [-0.25, -0.2) is 0 Å². The smallest absolute Gasteiger partial charge is 0.274 e. The van der Waals surface area contributed by atoms with Crippen LogP contribution in [0.25, 0.3) is 0 Å². The molecule has 0 aliphatic carbocycles. The molecule has 0 saturated heterocycles. The Morgan fingerprint density at radius 1 is 1.06 bits per heavy atom. The highest BCUT2D eigenvalue weighted by Crippen LogP contribution is 2.19. The van der Waals surface area contributed by atoms with Crippen LogP contribution in [-0.2, 0) is 37.1 Å². The lowest BCUT2D eigenvalue weighted by molar-refractivity contribution is -0.385. The van der Waals surface area contributed by atoms with Crippen LogP contribution in [0.5, 0.6) is 0 Å². The van der Waals surface area contributed by atoms with Gasteiger partial charge in [-0.3, -0.25) is 34.2 Å². The molecule has 1 aromatic carbocycles. The molecular weight excluding hydrogens is 424 g/mol. The third kappa shape index (κ3) is 7.56. The van der Waals surface area contributed by atoms with E-state index in [1.807, 2.05) is 0 Å². The molecule has 0 aromatic heterocycles. The molecule has 2 rings (SSSR count). The van der Waals surface area contributed by atoms with Crippen LogP contribution in [0.3, 0.4) is 0 Å². The van der Waals surface area contributed by atoms with Crippen LogP contribution in [0.4, 0.5) is 5.69 Å². The molecule has 3 N–H and O–H groups in total. The Balaban J connectivity index is 1.55. The number of nitrogens with one attached hydrogen (secondary N) is 2. The lowest BCUT2D eigenvalue weighted by atomic mass is 10.1. The van der Waals surface area contributed by atoms with E-state index in [2.05, 4.69) is 10.6 Å². The molecule has 12 heteroatoms. The summed E-state index contributed by atoms with van der Waals surface area (Å²) >= 11 is 0. The maximum atomic E-state index is 11.9. The molecule has 0 radical (unpaired) electrons. The minimum absolute atomic E-state index is 0.00604. The maximum absolute atomic E-state index is 11.9. The minimum Gasteiger partial charge on any atom is -0.391 e. The SMILES string of the molecule is O=C(CCN1C(=O)C=CC1=O)NCCOCCC(=O)NCc1ccc([N+](=O)[O-])c(CO)c1. The van der Waals surface area contributed by atoms with Crippen molar-refractivity contribution in [3.63, 3.8) is 0 Å². The fourth-order valence-electron chi connectivity index (χ4n) is 2.83. The molecule has 1 aliphatic heterocycles. The molecule has 0 unspecified atom stereocenters. The van der Waals surface area contributed by atoms with E-state index in [-0.39, 0.29) is 68.8 Å². The van der Waals surface area contributed by atoms with E-state index < -0.39 is 23.3 Å². The summed E-state index contributed by atoms with van der Waals surface area (Å²) in [4.78, 5) is 57.6. The number of rotatable bonds is 13. The molecule has 0 saturated carbocycles. The molecule has 32 heavy (non-hydrogen) atoms. The van der Waals surface area contributed by atoms with E-state index >= 15 is 0 Å². The van der Waals surface area contributed by atoms with E-state index in [0.29, 0.717) is 5.56 Å². The van der Waals surface area contributed by atoms with Gasteiger partial charge < -0.3 is 20.5 Å². The maximum Gasteiger partial charge on any atom is 0.274 e. The first-order valence-electron chi connectivity index (χ1n) is 9.83. The monoisotopic (exact) mass is 448 g/mol. The van der Waals surface area contributed by atoms with Crippen LogP contribution in [0.1, 0.15) is 24.0 Å². The van der Waals surface area contributed by atoms with E-state index in [1.54, 1.807) is 0 Å². The molecule has 1 heterocycles. The summed E-state index contributed by atoms with van der Waals surface area (Å²) in [6.45, 7) is 0.210. The lowest BCUT2D eigenvalue weighted by Gasteiger charge is -2.13. The number of nitro benzene ring substituents is 1. The van der Waals surface area contributed by atoms with Crippen LogP contribution in [0.2, 0.25) is 0 Å². The van der Waals surface area contributed by atoms with Crippen LogP contribution >= 0.6 is 0 Å². The summed E-state index contributed by atoms with van der Waals surface area (Å²) in [7, 11) is 0. The molecular formula is C20H24N4O8. The standard InChI is InChI=1S/C20H24N4O8/c25-13-15-11-14(1-2-16(15)24(30)31)12-22-18(27)6-9-32-10-7-21-17(26)5-8-23-19(28)3-4-20(23)29/h1-4,11,25H,5-10,12-13H2,(H,21,26)(H,22,27). The summed E-state index contributed by atoms with van der Waals surface area (Å²) in [6.07, 6.45) is 2.38. The highest BCUT2D eigenvalue weighted by molar-refractivity contribution is 6.13. The molecule has 172 valence electrons. The summed E-state index contributed by atoms with van der Waals surface area (Å²) in [5.41, 5.74) is 0.602. The Labute approximate surface area is 183 Å². The van der Waals surface area contributed by atoms with Gasteiger partial charge in [0.05, 0.1) is 30.3 Å². The lowest BCUT2D eigenvalue weighted by Crippen LogP contribution is -2.35. The van der Waals surface area contributed by atoms with Crippen molar-refractivity contribution in [1.29, 1.82) is 0 Å². The predicted molar refractivity (Wildman–Crippen MR) is 110 cm³/mol. The Morgan fingerprint density at radius 3 is 2.41 bits per heavy atom. The van der Waals surface area contributed by atoms with Crippen molar-refractivity contribution in [2.24, 2.45) is 0 Å². The number of carbonyl (C=O) groups excluding carboxylic acids is 4. The van der Waals surface area contributed by atoms with Gasteiger partial charge in [0.2, 0.25) is 11.8 Å². The summed E-state index contributed by atoms with van der Waals surface area (Å²) in [6, 6.07) is 4.24. The Bertz CT molecular complexity index is 897. The van der Waals surface area contributed by atoms with Gasteiger partial charge in [0, 0.05) is 50.7 Å². The number of aliphatic hydroxyl groups excluding tert-OH is 1. The first-order valence-corrected chi connectivity index (χ1v) is 9.83. The number of ether oxygens (including phenoxy) is 1. The first-order chi connectivity index (χ1) is 15.3. The zero-order chi connectivity index (χ0) is 23.5. The van der Waals surface area contributed by atoms with Crippen molar-refractivity contribution in [3.8, 4) is 0 Å². The Morgan fingerprint density at radius 2 is 1.75 bits per heavy atom. The Kier molecular flexibility index (Phi) is 9.44. The summed E-state index contributed by atoms with van der Waals surface area (Å²) in [5, 5.41) is 25.3. The van der Waals surface area contributed by atoms with Gasteiger partial charge in [0.1, 0.15) is 0 Å². The summed E-state index contributed by atoms with van der Waals surface area (Å²) in [5.74, 6) is -1.49. The second-order valence-corrected chi connectivity index (χ2v) is 6.78. The number of imide groups is 1. The molecule has 1 aromatic rings. The van der Waals surface area contributed by atoms with Crippen LogP contribution in [-0.4, -0.2) is 64.9 Å². The van der Waals surface area contributed by atoms with Crippen LogP contribution in [0, 0.1) is 10.1 Å². The van der Waals surface area contributed by atoms with Crippen LogP contribution in [0.15, 0.2) is 30.4 Å². The third-order valence-corrected chi connectivity index (χ3v) is 4.51. The van der Waals surface area contributed by atoms with Crippen molar-refractivity contribution in [2.45, 2.75) is 26.0 Å². The highest BCUT2D eigenvalue weighted by Gasteiger charge is 2.23. The van der Waals surface area contributed by atoms with Gasteiger partial charge in [-0.05, 0) is 11.6 Å². The second-order valence-electron chi connectivity index (χ2n) is 6.78. The zero-order valence-electron chi connectivity index (χ0n) is 17.2. The van der Waals surface area contributed by atoms with Crippen molar-refractivity contribution in [3.05, 3.63) is 51.6 Å². The van der Waals surface area contributed by atoms with Gasteiger partial charge in [-0.15, -0.1) is 0 Å². The number of amides is 4. The van der Waals surface area contributed by atoms with E-state index in [4.69, 9.17) is 4.74 Å². The predicted octanol–water partition coefficient (Wildman–Crippen LogP) is -0.459. The number of nitro groups is 1. The van der Waals surface area contributed by atoms with Gasteiger partial charge in [-0.1, -0.05) is 6.07 Å². The molecule has 0 atom stereocenters. The number of hydrogen-bond donors (Lipinski definition) is 3. The number of carbonyl (C=O) groups is 4. The van der Waals surface area contributed by atoms with E-state index in [1.165, 1.54) is 18.2 Å². The van der Waals surface area contributed by atoms with Crippen molar-refractivity contribution in [1.82, 2.24) is 15.5 Å². The van der Waals surface area contributed by atoms with Crippen molar-refractivity contribution < 1.29 is 33.9 Å². The molecule has 1 aliphatic rings. The topological polar surface area (TPSA) is 168 Å². The number of aliphatic hydroxyl groups is 1. The number of benzene rings is 1. The van der Waals surface area contributed by atoms with Crippen LogP contribution < -0.4 is 10.6 Å². The zero-order valence-corrected chi connectivity index (χ0v) is 17.2. The Hall–Kier alpha value is -3.64. The number of nitrogens with zero attached hydrogens (tertiary/aromatic N) is 2.